The van der Waals surface area contributed by atoms with Gasteiger partial charge in [-0.25, -0.2) is 0 Å². The average molecular weight is 777 g/mol. The highest BCUT2D eigenvalue weighted by Gasteiger charge is 2.35. The summed E-state index contributed by atoms with van der Waals surface area (Å²) < 4.78 is 0. The van der Waals surface area contributed by atoms with Crippen LogP contribution in [0.3, 0.4) is 0 Å². The highest BCUT2D eigenvalue weighted by Crippen LogP contribution is 2.44. The van der Waals surface area contributed by atoms with Crippen molar-refractivity contribution >= 4 is 11.4 Å². The molecule has 7 rings (SSSR count). The van der Waals surface area contributed by atoms with Crippen molar-refractivity contribution in [1.82, 2.24) is 9.80 Å². The molecule has 4 saturated carbocycles. The molecule has 1 aliphatic heterocycles. The molecule has 0 unspecified atom stereocenters. The van der Waals surface area contributed by atoms with Gasteiger partial charge in [0.1, 0.15) is 0 Å². The van der Waals surface area contributed by atoms with Crippen molar-refractivity contribution in [3.8, 4) is 0 Å². The summed E-state index contributed by atoms with van der Waals surface area (Å²) in [5, 5.41) is 0. The fraction of sp³-hybridized carbons (Fsp3) is 0.755. The molecule has 1 saturated heterocycles. The molecule has 5 aliphatic rings. The van der Waals surface area contributed by atoms with Crippen LogP contribution in [-0.2, 0) is 13.1 Å². The van der Waals surface area contributed by atoms with Gasteiger partial charge in [-0.05, 0) is 108 Å². The topological polar surface area (TPSA) is 13.0 Å². The van der Waals surface area contributed by atoms with E-state index in [4.69, 9.17) is 0 Å². The monoisotopic (exact) mass is 777 g/mol. The Labute approximate surface area is 351 Å². The molecule has 0 bridgehead atoms. The van der Waals surface area contributed by atoms with Crippen LogP contribution in [-0.4, -0.2) is 47.1 Å². The van der Waals surface area contributed by atoms with Crippen molar-refractivity contribution in [3.05, 3.63) is 64.3 Å². The molecule has 1 heterocycles. The van der Waals surface area contributed by atoms with Crippen LogP contribution in [0.2, 0.25) is 0 Å². The standard InChI is InChI=1S/C53H84N4/c1-38(2)48-31-42(35-56(44-21-13-9-14-22-44)45-23-15-10-16-24-45)32-49(39(3)4)52(48)54-29-30-55(37-54)53-50(40(5)6)33-43(34-51(53)41(7)8)36-57(46-25-17-11-18-26-46)47-27-19-12-20-28-47/h31-34,38-41,44-47H,9-30,35-36H2,1-8H3. The molecule has 0 N–H and O–H groups in total. The van der Waals surface area contributed by atoms with Gasteiger partial charge < -0.3 is 9.80 Å². The Kier molecular flexibility index (Phi) is 15.1. The Morgan fingerprint density at radius 1 is 0.421 bits per heavy atom. The second kappa shape index (κ2) is 20.0. The molecule has 4 nitrogen and oxygen atoms in total. The molecular formula is C53H84N4. The van der Waals surface area contributed by atoms with E-state index in [1.165, 1.54) is 162 Å². The summed E-state index contributed by atoms with van der Waals surface area (Å²) in [4.78, 5) is 11.1. The van der Waals surface area contributed by atoms with Gasteiger partial charge in [-0.15, -0.1) is 0 Å². The predicted octanol–water partition coefficient (Wildman–Crippen LogP) is 14.4. The van der Waals surface area contributed by atoms with Gasteiger partial charge in [0.2, 0.25) is 6.67 Å². The summed E-state index contributed by atoms with van der Waals surface area (Å²) in [6.07, 6.45) is 28.2. The molecule has 2 aromatic rings. The van der Waals surface area contributed by atoms with Crippen LogP contribution in [0.25, 0.3) is 0 Å². The van der Waals surface area contributed by atoms with Crippen molar-refractivity contribution in [3.63, 3.8) is 0 Å². The fourth-order valence-corrected chi connectivity index (χ4v) is 12.0. The van der Waals surface area contributed by atoms with E-state index in [1.807, 2.05) is 0 Å². The van der Waals surface area contributed by atoms with Crippen molar-refractivity contribution in [2.24, 2.45) is 0 Å². The van der Waals surface area contributed by atoms with Gasteiger partial charge in [0.25, 0.3) is 0 Å². The van der Waals surface area contributed by atoms with Crippen LogP contribution in [0.1, 0.15) is 241 Å². The van der Waals surface area contributed by atoms with E-state index in [0.29, 0.717) is 23.7 Å². The van der Waals surface area contributed by atoms with Crippen molar-refractivity contribution in [2.45, 2.75) is 245 Å². The number of benzene rings is 2. The molecule has 5 fully saturated rings. The molecule has 316 valence electrons. The predicted molar refractivity (Wildman–Crippen MR) is 246 cm³/mol. The second-order valence-electron chi connectivity index (χ2n) is 20.8. The first-order valence-electron chi connectivity index (χ1n) is 24.7. The molecule has 4 aliphatic carbocycles. The minimum atomic E-state index is 0.458. The van der Waals surface area contributed by atoms with Crippen LogP contribution in [0.4, 0.5) is 11.4 Å². The Balaban J connectivity index is 1.18. The highest BCUT2D eigenvalue weighted by atomic mass is 15.4. The largest absolute Gasteiger partial charge is 0.339 e. The zero-order chi connectivity index (χ0) is 40.1. The highest BCUT2D eigenvalue weighted by molar-refractivity contribution is 5.71. The van der Waals surface area contributed by atoms with Crippen LogP contribution in [0, 0.1) is 6.67 Å². The first-order valence-corrected chi connectivity index (χ1v) is 24.7. The van der Waals surface area contributed by atoms with E-state index in [0.717, 1.165) is 50.3 Å². The summed E-state index contributed by atoms with van der Waals surface area (Å²) in [7, 11) is 0. The molecule has 0 aromatic heterocycles. The average Bonchev–Trinajstić information content (AvgIpc) is 3.72. The third kappa shape index (κ3) is 10.3. The molecule has 2 radical (unpaired) electrons. The lowest BCUT2D eigenvalue weighted by molar-refractivity contribution is 0.0730. The lowest BCUT2D eigenvalue weighted by Gasteiger charge is -2.42. The molecule has 0 spiro atoms. The summed E-state index contributed by atoms with van der Waals surface area (Å²) in [5.41, 5.74) is 12.1. The van der Waals surface area contributed by atoms with E-state index >= 15 is 0 Å². The van der Waals surface area contributed by atoms with Gasteiger partial charge in [-0.2, -0.15) is 0 Å². The smallest absolute Gasteiger partial charge is 0.208 e. The molecule has 0 amide bonds. The summed E-state index contributed by atoms with van der Waals surface area (Å²) in [5.74, 6) is 1.83. The number of rotatable bonds is 14. The maximum absolute atomic E-state index is 4.08. The number of anilines is 2. The summed E-state index contributed by atoms with van der Waals surface area (Å²) >= 11 is 0. The number of hydrogen-bond donors (Lipinski definition) is 0. The van der Waals surface area contributed by atoms with Crippen molar-refractivity contribution in [1.29, 1.82) is 0 Å². The minimum absolute atomic E-state index is 0.458. The summed E-state index contributed by atoms with van der Waals surface area (Å²) in [6.45, 7) is 27.7. The van der Waals surface area contributed by atoms with Crippen LogP contribution < -0.4 is 9.80 Å². The van der Waals surface area contributed by atoms with Gasteiger partial charge in [0.05, 0.1) is 0 Å². The fourth-order valence-electron chi connectivity index (χ4n) is 12.0. The maximum Gasteiger partial charge on any atom is 0.208 e. The molecule has 4 heteroatoms. The van der Waals surface area contributed by atoms with Crippen molar-refractivity contribution < 1.29 is 0 Å². The van der Waals surface area contributed by atoms with E-state index in [2.05, 4.69) is 106 Å². The van der Waals surface area contributed by atoms with Crippen LogP contribution in [0.15, 0.2) is 24.3 Å². The molecular weight excluding hydrogens is 693 g/mol. The van der Waals surface area contributed by atoms with Gasteiger partial charge in [0, 0.05) is 61.7 Å². The first kappa shape index (κ1) is 43.1. The van der Waals surface area contributed by atoms with E-state index < -0.39 is 0 Å². The van der Waals surface area contributed by atoms with Gasteiger partial charge in [-0.3, -0.25) is 9.80 Å². The quantitative estimate of drug-likeness (QED) is 0.189. The normalized spacial score (nSPS) is 21.5. The number of nitrogens with zero attached hydrogens (tertiary/aromatic N) is 4. The SMILES string of the molecule is CC(C)c1cc(CN(C2CCCCC2)C2CCCCC2)cc(C(C)C)c1N1[C]N(c2c(C(C)C)cc(CN(C3CCCCC3)C3CCCCC3)cc2C(C)C)CC1. The molecule has 57 heavy (non-hydrogen) atoms. The lowest BCUT2D eigenvalue weighted by Crippen LogP contribution is -2.44. The molecule has 2 aromatic carbocycles. The Hall–Kier alpha value is -2.04. The minimum Gasteiger partial charge on any atom is -0.339 e. The number of hydrogen-bond acceptors (Lipinski definition) is 4. The molecule has 0 atom stereocenters. The van der Waals surface area contributed by atoms with Crippen molar-refractivity contribution in [2.75, 3.05) is 22.9 Å². The second-order valence-corrected chi connectivity index (χ2v) is 20.8. The zero-order valence-corrected chi connectivity index (χ0v) is 38.2. The van der Waals surface area contributed by atoms with E-state index in [9.17, 15) is 0 Å². The van der Waals surface area contributed by atoms with E-state index in [-0.39, 0.29) is 0 Å². The van der Waals surface area contributed by atoms with Gasteiger partial charge >= 0.3 is 0 Å². The Morgan fingerprint density at radius 2 is 0.667 bits per heavy atom. The van der Waals surface area contributed by atoms with Gasteiger partial charge in [0.15, 0.2) is 0 Å². The zero-order valence-electron chi connectivity index (χ0n) is 38.2. The third-order valence-corrected chi connectivity index (χ3v) is 15.2. The van der Waals surface area contributed by atoms with Crippen LogP contribution in [0.5, 0.6) is 0 Å². The van der Waals surface area contributed by atoms with E-state index in [1.54, 1.807) is 11.1 Å². The van der Waals surface area contributed by atoms with Gasteiger partial charge in [-0.1, -0.05) is 157 Å². The Morgan fingerprint density at radius 3 is 0.895 bits per heavy atom. The summed E-state index contributed by atoms with van der Waals surface area (Å²) in [6, 6.07) is 13.6. The Bertz CT molecular complexity index is 1340. The maximum atomic E-state index is 4.08. The first-order chi connectivity index (χ1) is 27.6. The lowest BCUT2D eigenvalue weighted by atomic mass is 9.86. The van der Waals surface area contributed by atoms with Crippen LogP contribution >= 0.6 is 0 Å². The third-order valence-electron chi connectivity index (χ3n) is 15.2.